The molecule has 1 atom stereocenters. The zero-order valence-corrected chi connectivity index (χ0v) is 12.4. The van der Waals surface area contributed by atoms with E-state index in [1.54, 1.807) is 0 Å². The van der Waals surface area contributed by atoms with Gasteiger partial charge < -0.3 is 9.88 Å². The van der Waals surface area contributed by atoms with Gasteiger partial charge in [-0.3, -0.25) is 0 Å². The number of hydrogen-bond acceptors (Lipinski definition) is 2. The van der Waals surface area contributed by atoms with Crippen molar-refractivity contribution in [1.29, 1.82) is 0 Å². The fourth-order valence-electron chi connectivity index (χ4n) is 2.35. The molecule has 0 aliphatic carbocycles. The second kappa shape index (κ2) is 8.30. The molecule has 0 aliphatic rings. The van der Waals surface area contributed by atoms with E-state index in [-0.39, 0.29) is 0 Å². The molecule has 1 heterocycles. The molecule has 0 fully saturated rings. The molecule has 3 heteroatoms. The number of imidazole rings is 1. The number of rotatable bonds is 9. The van der Waals surface area contributed by atoms with E-state index in [1.165, 1.54) is 25.1 Å². The Morgan fingerprint density at radius 3 is 2.67 bits per heavy atom. The first-order valence-electron chi connectivity index (χ1n) is 7.40. The molecule has 0 amide bonds. The van der Waals surface area contributed by atoms with E-state index in [0.29, 0.717) is 6.04 Å². The highest BCUT2D eigenvalue weighted by atomic mass is 15.1. The minimum absolute atomic E-state index is 0.558. The molecule has 1 N–H and O–H groups in total. The Morgan fingerprint density at radius 1 is 1.28 bits per heavy atom. The van der Waals surface area contributed by atoms with Crippen LogP contribution in [0.3, 0.4) is 0 Å². The van der Waals surface area contributed by atoms with E-state index in [9.17, 15) is 0 Å². The van der Waals surface area contributed by atoms with Crippen molar-refractivity contribution in [2.75, 3.05) is 6.54 Å². The lowest BCUT2D eigenvalue weighted by Gasteiger charge is -2.20. The molecule has 1 unspecified atom stereocenters. The molecule has 1 aromatic rings. The Balaban J connectivity index is 2.59. The van der Waals surface area contributed by atoms with Gasteiger partial charge in [-0.05, 0) is 31.7 Å². The molecule has 0 aliphatic heterocycles. The van der Waals surface area contributed by atoms with Crippen LogP contribution in [0.25, 0.3) is 0 Å². The minimum atomic E-state index is 0.558. The van der Waals surface area contributed by atoms with Crippen LogP contribution in [0.4, 0.5) is 0 Å². The molecule has 3 nitrogen and oxygen atoms in total. The second-order valence-corrected chi connectivity index (χ2v) is 5.52. The van der Waals surface area contributed by atoms with E-state index < -0.39 is 0 Å². The van der Waals surface area contributed by atoms with Gasteiger partial charge in [-0.25, -0.2) is 4.98 Å². The van der Waals surface area contributed by atoms with E-state index in [0.717, 1.165) is 25.4 Å². The first kappa shape index (κ1) is 15.2. The average molecular weight is 251 g/mol. The Labute approximate surface area is 112 Å². The lowest BCUT2D eigenvalue weighted by molar-refractivity contribution is 0.405. The lowest BCUT2D eigenvalue weighted by atomic mass is 10.0. The van der Waals surface area contributed by atoms with Crippen molar-refractivity contribution >= 4 is 0 Å². The summed E-state index contributed by atoms with van der Waals surface area (Å²) in [6.07, 6.45) is 8.66. The van der Waals surface area contributed by atoms with Gasteiger partial charge in [0.25, 0.3) is 0 Å². The van der Waals surface area contributed by atoms with Crippen molar-refractivity contribution < 1.29 is 0 Å². The predicted molar refractivity (Wildman–Crippen MR) is 77.8 cm³/mol. The summed E-state index contributed by atoms with van der Waals surface area (Å²) in [5.41, 5.74) is 0. The number of aromatic nitrogens is 2. The number of nitrogens with one attached hydrogen (secondary N) is 1. The van der Waals surface area contributed by atoms with Gasteiger partial charge in [0.05, 0.1) is 0 Å². The van der Waals surface area contributed by atoms with Crippen LogP contribution in [0.1, 0.15) is 52.8 Å². The maximum absolute atomic E-state index is 4.51. The van der Waals surface area contributed by atoms with Gasteiger partial charge in [0.2, 0.25) is 0 Å². The highest BCUT2D eigenvalue weighted by molar-refractivity contribution is 4.96. The van der Waals surface area contributed by atoms with Crippen LogP contribution in [-0.2, 0) is 13.0 Å². The number of hydrogen-bond donors (Lipinski definition) is 1. The van der Waals surface area contributed by atoms with Gasteiger partial charge in [-0.15, -0.1) is 0 Å². The molecular formula is C15H29N3. The van der Waals surface area contributed by atoms with Crippen molar-refractivity contribution in [3.8, 4) is 0 Å². The van der Waals surface area contributed by atoms with Gasteiger partial charge >= 0.3 is 0 Å². The summed E-state index contributed by atoms with van der Waals surface area (Å²) in [7, 11) is 0. The van der Waals surface area contributed by atoms with Crippen LogP contribution in [0, 0.1) is 5.92 Å². The smallest absolute Gasteiger partial charge is 0.110 e. The topological polar surface area (TPSA) is 29.9 Å². The zero-order chi connectivity index (χ0) is 13.4. The minimum Gasteiger partial charge on any atom is -0.335 e. The Kier molecular flexibility index (Phi) is 7.02. The molecule has 18 heavy (non-hydrogen) atoms. The third kappa shape index (κ3) is 5.21. The molecule has 0 aromatic carbocycles. The summed E-state index contributed by atoms with van der Waals surface area (Å²) in [6, 6.07) is 0.558. The van der Waals surface area contributed by atoms with Gasteiger partial charge in [0, 0.05) is 31.4 Å². The summed E-state index contributed by atoms with van der Waals surface area (Å²) in [5, 5.41) is 3.66. The maximum atomic E-state index is 4.51. The summed E-state index contributed by atoms with van der Waals surface area (Å²) in [4.78, 5) is 4.51. The van der Waals surface area contributed by atoms with Crippen LogP contribution < -0.4 is 5.32 Å². The zero-order valence-electron chi connectivity index (χ0n) is 12.4. The van der Waals surface area contributed by atoms with Crippen molar-refractivity contribution in [2.24, 2.45) is 5.92 Å². The lowest BCUT2D eigenvalue weighted by Crippen LogP contribution is -2.34. The molecule has 104 valence electrons. The summed E-state index contributed by atoms with van der Waals surface area (Å²) >= 11 is 0. The Bertz CT molecular complexity index is 317. The SMILES string of the molecule is CCCNC(Cc1nccn1CCC)CC(C)C. The molecule has 0 saturated heterocycles. The van der Waals surface area contributed by atoms with Crippen molar-refractivity contribution in [1.82, 2.24) is 14.9 Å². The predicted octanol–water partition coefficient (Wildman–Crippen LogP) is 3.25. The van der Waals surface area contributed by atoms with Gasteiger partial charge in [0.1, 0.15) is 5.82 Å². The van der Waals surface area contributed by atoms with Crippen LogP contribution >= 0.6 is 0 Å². The normalized spacial score (nSPS) is 13.2. The molecule has 1 aromatic heterocycles. The summed E-state index contributed by atoms with van der Waals surface area (Å²) in [6.45, 7) is 11.2. The van der Waals surface area contributed by atoms with Crippen LogP contribution in [0.5, 0.6) is 0 Å². The Hall–Kier alpha value is -0.830. The largest absolute Gasteiger partial charge is 0.335 e. The van der Waals surface area contributed by atoms with Crippen molar-refractivity contribution in [3.05, 3.63) is 18.2 Å². The van der Waals surface area contributed by atoms with E-state index in [1.807, 2.05) is 6.20 Å². The van der Waals surface area contributed by atoms with Crippen molar-refractivity contribution in [3.63, 3.8) is 0 Å². The molecule has 0 spiro atoms. The molecule has 0 radical (unpaired) electrons. The van der Waals surface area contributed by atoms with Gasteiger partial charge in [-0.2, -0.15) is 0 Å². The van der Waals surface area contributed by atoms with Gasteiger partial charge in [-0.1, -0.05) is 27.7 Å². The first-order valence-corrected chi connectivity index (χ1v) is 7.40. The highest BCUT2D eigenvalue weighted by Crippen LogP contribution is 2.11. The van der Waals surface area contributed by atoms with Crippen molar-refractivity contribution in [2.45, 2.75) is 66.0 Å². The summed E-state index contributed by atoms with van der Waals surface area (Å²) in [5.74, 6) is 1.96. The number of aryl methyl sites for hydroxylation is 1. The van der Waals surface area contributed by atoms with E-state index in [2.05, 4.69) is 48.8 Å². The standard InChI is InChI=1S/C15H29N3/c1-5-7-16-14(11-13(3)4)12-15-17-8-10-18(15)9-6-2/h8,10,13-14,16H,5-7,9,11-12H2,1-4H3. The first-order chi connectivity index (χ1) is 8.67. The average Bonchev–Trinajstić information content (AvgIpc) is 2.73. The molecule has 0 bridgehead atoms. The fraction of sp³-hybridized carbons (Fsp3) is 0.800. The van der Waals surface area contributed by atoms with Crippen LogP contribution in [0.2, 0.25) is 0 Å². The maximum Gasteiger partial charge on any atom is 0.110 e. The van der Waals surface area contributed by atoms with E-state index in [4.69, 9.17) is 0 Å². The molecular weight excluding hydrogens is 222 g/mol. The molecule has 0 saturated carbocycles. The number of nitrogens with zero attached hydrogens (tertiary/aromatic N) is 2. The molecule has 1 rings (SSSR count). The monoisotopic (exact) mass is 251 g/mol. The summed E-state index contributed by atoms with van der Waals surface area (Å²) < 4.78 is 2.29. The third-order valence-corrected chi connectivity index (χ3v) is 3.13. The van der Waals surface area contributed by atoms with Crippen LogP contribution in [0.15, 0.2) is 12.4 Å². The Morgan fingerprint density at radius 2 is 2.06 bits per heavy atom. The highest BCUT2D eigenvalue weighted by Gasteiger charge is 2.13. The van der Waals surface area contributed by atoms with Gasteiger partial charge in [0.15, 0.2) is 0 Å². The second-order valence-electron chi connectivity index (χ2n) is 5.52. The fourth-order valence-corrected chi connectivity index (χ4v) is 2.35. The third-order valence-electron chi connectivity index (χ3n) is 3.13. The van der Waals surface area contributed by atoms with Crippen LogP contribution in [-0.4, -0.2) is 22.1 Å². The quantitative estimate of drug-likeness (QED) is 0.730. The van der Waals surface area contributed by atoms with E-state index >= 15 is 0 Å².